The molecule has 2 N–H and O–H groups in total. The molecule has 3 atom stereocenters. The van der Waals surface area contributed by atoms with Gasteiger partial charge in [-0.25, -0.2) is 5.43 Å². The van der Waals surface area contributed by atoms with Gasteiger partial charge in [-0.1, -0.05) is 35.4 Å². The number of likely N-dealkylation sites (tertiary alicyclic amines) is 1. The molecule has 2 aliphatic heterocycles. The lowest BCUT2D eigenvalue weighted by atomic mass is 9.94. The van der Waals surface area contributed by atoms with Gasteiger partial charge in [-0.2, -0.15) is 15.0 Å². The van der Waals surface area contributed by atoms with Gasteiger partial charge >= 0.3 is 0 Å². The maximum atomic E-state index is 13.7. The third kappa shape index (κ3) is 3.81. The predicted octanol–water partition coefficient (Wildman–Crippen LogP) is 3.75. The number of aryl methyl sites for hydroxylation is 1. The molecule has 0 aliphatic carbocycles. The van der Waals surface area contributed by atoms with Gasteiger partial charge in [0.15, 0.2) is 0 Å². The van der Waals surface area contributed by atoms with Gasteiger partial charge in [0.05, 0.1) is 23.6 Å². The van der Waals surface area contributed by atoms with E-state index in [9.17, 15) is 4.79 Å². The molecule has 0 bridgehead atoms. The molecule has 1 aromatic heterocycles. The standard InChI is InChI=1S/C24H27ClN6O/c1-15-8-9-22(31-26-10-11-27-31)18(13-15)24(32)30-12-4-7-23(30)21-14-20(28-29-21)17-5-3-6-19(25)16(17)2/h3,5-6,8-11,13,20-21,23,28-29H,4,7,12,14H2,1-2H3/t20?,21?,23-/m0/s1. The zero-order valence-corrected chi connectivity index (χ0v) is 19.0. The van der Waals surface area contributed by atoms with Crippen LogP contribution in [-0.2, 0) is 0 Å². The average molecular weight is 451 g/mol. The normalized spacial score (nSPS) is 23.1. The van der Waals surface area contributed by atoms with Crippen molar-refractivity contribution in [3.63, 3.8) is 0 Å². The van der Waals surface area contributed by atoms with Crippen molar-refractivity contribution < 1.29 is 4.79 Å². The summed E-state index contributed by atoms with van der Waals surface area (Å²) in [5.74, 6) is 0.0349. The van der Waals surface area contributed by atoms with E-state index in [2.05, 4.69) is 34.0 Å². The Kier molecular flexibility index (Phi) is 5.71. The van der Waals surface area contributed by atoms with Crippen molar-refractivity contribution in [1.82, 2.24) is 30.7 Å². The monoisotopic (exact) mass is 450 g/mol. The van der Waals surface area contributed by atoms with Crippen LogP contribution < -0.4 is 10.9 Å². The van der Waals surface area contributed by atoms with Crippen LogP contribution in [0.4, 0.5) is 0 Å². The zero-order chi connectivity index (χ0) is 22.2. The van der Waals surface area contributed by atoms with Crippen LogP contribution in [0.3, 0.4) is 0 Å². The van der Waals surface area contributed by atoms with Crippen molar-refractivity contribution in [2.75, 3.05) is 6.54 Å². The van der Waals surface area contributed by atoms with Crippen molar-refractivity contribution >= 4 is 17.5 Å². The molecule has 2 aromatic carbocycles. The van der Waals surface area contributed by atoms with E-state index in [4.69, 9.17) is 11.6 Å². The van der Waals surface area contributed by atoms with Crippen LogP contribution in [0.2, 0.25) is 5.02 Å². The molecule has 0 radical (unpaired) electrons. The quantitative estimate of drug-likeness (QED) is 0.633. The Bertz CT molecular complexity index is 1130. The van der Waals surface area contributed by atoms with Crippen molar-refractivity contribution in [2.24, 2.45) is 0 Å². The molecule has 1 amide bonds. The number of amides is 1. The smallest absolute Gasteiger partial charge is 0.256 e. The zero-order valence-electron chi connectivity index (χ0n) is 18.3. The van der Waals surface area contributed by atoms with Gasteiger partial charge in [0, 0.05) is 29.7 Å². The maximum absolute atomic E-state index is 13.7. The number of hydrogen-bond donors (Lipinski definition) is 2. The first kappa shape index (κ1) is 21.1. The molecule has 5 rings (SSSR count). The lowest BCUT2D eigenvalue weighted by molar-refractivity contribution is 0.0709. The van der Waals surface area contributed by atoms with E-state index in [1.165, 1.54) is 10.4 Å². The van der Waals surface area contributed by atoms with E-state index < -0.39 is 0 Å². The summed E-state index contributed by atoms with van der Waals surface area (Å²) < 4.78 is 0. The molecule has 3 heterocycles. The second kappa shape index (κ2) is 8.65. The highest BCUT2D eigenvalue weighted by Crippen LogP contribution is 2.33. The Hall–Kier alpha value is -2.74. The number of carbonyl (C=O) groups excluding carboxylic acids is 1. The minimum atomic E-state index is 0.0349. The van der Waals surface area contributed by atoms with Crippen molar-refractivity contribution in [3.05, 3.63) is 76.1 Å². The Morgan fingerprint density at radius 3 is 2.75 bits per heavy atom. The fraction of sp³-hybridized carbons (Fsp3) is 0.375. The van der Waals surface area contributed by atoms with Crippen molar-refractivity contribution in [3.8, 4) is 5.69 Å². The third-order valence-electron chi connectivity index (χ3n) is 6.66. The summed E-state index contributed by atoms with van der Waals surface area (Å²) in [5.41, 5.74) is 11.6. The number of rotatable bonds is 4. The highest BCUT2D eigenvalue weighted by atomic mass is 35.5. The van der Waals surface area contributed by atoms with E-state index >= 15 is 0 Å². The number of carbonyl (C=O) groups is 1. The van der Waals surface area contributed by atoms with E-state index in [0.717, 1.165) is 42.0 Å². The van der Waals surface area contributed by atoms with Crippen molar-refractivity contribution in [2.45, 2.75) is 51.2 Å². The van der Waals surface area contributed by atoms with Gasteiger partial charge < -0.3 is 4.90 Å². The summed E-state index contributed by atoms with van der Waals surface area (Å²) in [6, 6.07) is 12.3. The van der Waals surface area contributed by atoms with Gasteiger partial charge in [0.2, 0.25) is 0 Å². The number of nitrogens with zero attached hydrogens (tertiary/aromatic N) is 4. The summed E-state index contributed by atoms with van der Waals surface area (Å²) in [7, 11) is 0. The predicted molar refractivity (Wildman–Crippen MR) is 124 cm³/mol. The topological polar surface area (TPSA) is 75.1 Å². The highest BCUT2D eigenvalue weighted by molar-refractivity contribution is 6.31. The fourth-order valence-corrected chi connectivity index (χ4v) is 5.17. The molecule has 2 aliphatic rings. The summed E-state index contributed by atoms with van der Waals surface area (Å²) in [4.78, 5) is 17.3. The van der Waals surface area contributed by atoms with Gasteiger partial charge in [0.1, 0.15) is 0 Å². The lowest BCUT2D eigenvalue weighted by Crippen LogP contribution is -2.48. The number of nitrogens with one attached hydrogen (secondary N) is 2. The number of aromatic nitrogens is 3. The molecule has 166 valence electrons. The molecule has 2 unspecified atom stereocenters. The van der Waals surface area contributed by atoms with Crippen molar-refractivity contribution in [1.29, 1.82) is 0 Å². The summed E-state index contributed by atoms with van der Waals surface area (Å²) in [5, 5.41) is 9.27. The van der Waals surface area contributed by atoms with Crippen LogP contribution in [0.15, 0.2) is 48.8 Å². The number of hydrazine groups is 1. The lowest BCUT2D eigenvalue weighted by Gasteiger charge is -2.30. The Labute approximate surface area is 192 Å². The molecule has 2 fully saturated rings. The van der Waals surface area contributed by atoms with Gasteiger partial charge in [-0.05, 0) is 62.4 Å². The molecule has 0 saturated carbocycles. The van der Waals surface area contributed by atoms with E-state index in [0.29, 0.717) is 11.3 Å². The Balaban J connectivity index is 1.39. The minimum Gasteiger partial charge on any atom is -0.334 e. The first-order valence-electron chi connectivity index (χ1n) is 11.1. The largest absolute Gasteiger partial charge is 0.334 e. The number of benzene rings is 2. The number of hydrogen-bond acceptors (Lipinski definition) is 5. The minimum absolute atomic E-state index is 0.0349. The van der Waals surface area contributed by atoms with Crippen LogP contribution in [-0.4, -0.2) is 44.4 Å². The first-order valence-corrected chi connectivity index (χ1v) is 11.4. The Morgan fingerprint density at radius 1 is 1.12 bits per heavy atom. The van der Waals surface area contributed by atoms with Crippen LogP contribution in [0.5, 0.6) is 0 Å². The van der Waals surface area contributed by atoms with Crippen LogP contribution in [0.25, 0.3) is 5.69 Å². The second-order valence-corrected chi connectivity index (χ2v) is 9.09. The summed E-state index contributed by atoms with van der Waals surface area (Å²) in [6.07, 6.45) is 6.12. The van der Waals surface area contributed by atoms with Crippen LogP contribution >= 0.6 is 11.6 Å². The SMILES string of the molecule is Cc1ccc(-n2nccn2)c(C(=O)N2CCC[C@H]2C2CC(c3cccc(Cl)c3C)NN2)c1. The molecular weight excluding hydrogens is 424 g/mol. The van der Waals surface area contributed by atoms with Gasteiger partial charge in [-0.3, -0.25) is 10.2 Å². The van der Waals surface area contributed by atoms with Crippen LogP contribution in [0, 0.1) is 13.8 Å². The molecular formula is C24H27ClN6O. The van der Waals surface area contributed by atoms with E-state index in [1.54, 1.807) is 12.4 Å². The molecule has 8 heteroatoms. The Morgan fingerprint density at radius 2 is 1.94 bits per heavy atom. The fourth-order valence-electron chi connectivity index (χ4n) is 4.99. The molecule has 7 nitrogen and oxygen atoms in total. The van der Waals surface area contributed by atoms with Gasteiger partial charge in [-0.15, -0.1) is 0 Å². The molecule has 2 saturated heterocycles. The van der Waals surface area contributed by atoms with Gasteiger partial charge in [0.25, 0.3) is 5.91 Å². The summed E-state index contributed by atoms with van der Waals surface area (Å²) >= 11 is 6.34. The molecule has 3 aromatic rings. The summed E-state index contributed by atoms with van der Waals surface area (Å²) in [6.45, 7) is 4.81. The first-order chi connectivity index (χ1) is 15.5. The average Bonchev–Trinajstić information content (AvgIpc) is 3.56. The van der Waals surface area contributed by atoms with E-state index in [-0.39, 0.29) is 24.0 Å². The van der Waals surface area contributed by atoms with E-state index in [1.807, 2.05) is 42.2 Å². The molecule has 0 spiro atoms. The second-order valence-electron chi connectivity index (χ2n) is 8.68. The third-order valence-corrected chi connectivity index (χ3v) is 7.07. The number of halogens is 1. The maximum Gasteiger partial charge on any atom is 0.256 e. The van der Waals surface area contributed by atoms with Crippen LogP contribution in [0.1, 0.15) is 52.4 Å². The highest BCUT2D eigenvalue weighted by Gasteiger charge is 2.40. The molecule has 32 heavy (non-hydrogen) atoms.